The molecule has 4 rings (SSSR count). The molecule has 8 heteroatoms. The molecule has 2 aromatic carbocycles. The second kappa shape index (κ2) is 8.97. The molecule has 6 nitrogen and oxygen atoms in total. The molecule has 0 unspecified atom stereocenters. The first kappa shape index (κ1) is 19.9. The lowest BCUT2D eigenvalue weighted by molar-refractivity contribution is 0.250. The Kier molecular flexibility index (Phi) is 6.16. The van der Waals surface area contributed by atoms with E-state index in [9.17, 15) is 0 Å². The number of ether oxygens (including phenoxy) is 3. The van der Waals surface area contributed by atoms with E-state index >= 15 is 0 Å². The van der Waals surface area contributed by atoms with Gasteiger partial charge in [0.15, 0.2) is 18.1 Å². The standard InChI is InChI=1S/C21H21ClN2O4S/c1-13-4-5-14(2)17(8-13)27-11-19-23-24-21(28-19)29-12-15-9-16(22)20-18(10-15)25-6-3-7-26-20/h4-5,8-10H,3,6-7,11-12H2,1-2H3. The minimum Gasteiger partial charge on any atom is -0.489 e. The number of fused-ring (bicyclic) bond motifs is 1. The third kappa shape index (κ3) is 4.97. The third-order valence-corrected chi connectivity index (χ3v) is 5.54. The third-order valence-electron chi connectivity index (χ3n) is 4.37. The number of aromatic nitrogens is 2. The molecule has 152 valence electrons. The molecule has 0 radical (unpaired) electrons. The fourth-order valence-corrected chi connectivity index (χ4v) is 3.87. The van der Waals surface area contributed by atoms with Crippen molar-refractivity contribution in [1.29, 1.82) is 0 Å². The Morgan fingerprint density at radius 1 is 1.10 bits per heavy atom. The zero-order valence-electron chi connectivity index (χ0n) is 16.2. The first-order chi connectivity index (χ1) is 14.1. The Hall–Kier alpha value is -2.38. The molecule has 0 N–H and O–H groups in total. The van der Waals surface area contributed by atoms with Crippen LogP contribution in [0.4, 0.5) is 0 Å². The van der Waals surface area contributed by atoms with Gasteiger partial charge in [0.1, 0.15) is 5.75 Å². The zero-order chi connectivity index (χ0) is 20.2. The molecule has 29 heavy (non-hydrogen) atoms. The van der Waals surface area contributed by atoms with E-state index in [0.717, 1.165) is 28.9 Å². The lowest BCUT2D eigenvalue weighted by Gasteiger charge is -2.11. The zero-order valence-corrected chi connectivity index (χ0v) is 17.8. The van der Waals surface area contributed by atoms with Crippen LogP contribution in [0.2, 0.25) is 5.02 Å². The summed E-state index contributed by atoms with van der Waals surface area (Å²) in [6.07, 6.45) is 0.837. The first-order valence-corrected chi connectivity index (χ1v) is 10.7. The van der Waals surface area contributed by atoms with Gasteiger partial charge in [-0.05, 0) is 48.7 Å². The first-order valence-electron chi connectivity index (χ1n) is 9.32. The number of hydrogen-bond donors (Lipinski definition) is 0. The number of nitrogens with zero attached hydrogens (tertiary/aromatic N) is 2. The summed E-state index contributed by atoms with van der Waals surface area (Å²) in [6.45, 7) is 5.49. The lowest BCUT2D eigenvalue weighted by Crippen LogP contribution is -1.97. The van der Waals surface area contributed by atoms with Crippen LogP contribution in [0, 0.1) is 13.8 Å². The Morgan fingerprint density at radius 2 is 1.97 bits per heavy atom. The SMILES string of the molecule is Cc1ccc(C)c(OCc2nnc(SCc3cc(Cl)c4c(c3)OCCCO4)o2)c1. The normalized spacial score (nSPS) is 13.2. The maximum Gasteiger partial charge on any atom is 0.277 e. The highest BCUT2D eigenvalue weighted by Crippen LogP contribution is 2.39. The summed E-state index contributed by atoms with van der Waals surface area (Å²) in [5.41, 5.74) is 3.20. The molecular weight excluding hydrogens is 412 g/mol. The fourth-order valence-electron chi connectivity index (χ4n) is 2.87. The van der Waals surface area contributed by atoms with Crippen LogP contribution in [0.3, 0.4) is 0 Å². The molecule has 0 saturated heterocycles. The number of rotatable bonds is 6. The van der Waals surface area contributed by atoms with Crippen LogP contribution in [0.15, 0.2) is 40.0 Å². The van der Waals surface area contributed by atoms with E-state index < -0.39 is 0 Å². The molecular formula is C21H21ClN2O4S. The number of hydrogen-bond acceptors (Lipinski definition) is 7. The Balaban J connectivity index is 1.37. The van der Waals surface area contributed by atoms with Crippen molar-refractivity contribution >= 4 is 23.4 Å². The van der Waals surface area contributed by atoms with Gasteiger partial charge in [-0.15, -0.1) is 10.2 Å². The molecule has 0 amide bonds. The molecule has 1 aliphatic rings. The highest BCUT2D eigenvalue weighted by atomic mass is 35.5. The molecule has 2 heterocycles. The van der Waals surface area contributed by atoms with Gasteiger partial charge in [0.05, 0.1) is 18.2 Å². The summed E-state index contributed by atoms with van der Waals surface area (Å²) in [7, 11) is 0. The molecule has 1 aromatic heterocycles. The van der Waals surface area contributed by atoms with Crippen LogP contribution < -0.4 is 14.2 Å². The van der Waals surface area contributed by atoms with Gasteiger partial charge in [0, 0.05) is 12.2 Å². The van der Waals surface area contributed by atoms with Crippen molar-refractivity contribution in [3.63, 3.8) is 0 Å². The molecule has 0 bridgehead atoms. The quantitative estimate of drug-likeness (QED) is 0.485. The summed E-state index contributed by atoms with van der Waals surface area (Å²) in [5.74, 6) is 3.17. The van der Waals surface area contributed by atoms with E-state index in [2.05, 4.69) is 16.3 Å². The predicted molar refractivity (Wildman–Crippen MR) is 111 cm³/mol. The highest BCUT2D eigenvalue weighted by molar-refractivity contribution is 7.98. The van der Waals surface area contributed by atoms with E-state index in [4.69, 9.17) is 30.2 Å². The second-order valence-corrected chi connectivity index (χ2v) is 8.10. The van der Waals surface area contributed by atoms with Crippen LogP contribution in [0.1, 0.15) is 29.0 Å². The van der Waals surface area contributed by atoms with Crippen molar-refractivity contribution in [2.24, 2.45) is 0 Å². The van der Waals surface area contributed by atoms with Crippen molar-refractivity contribution in [3.05, 3.63) is 57.9 Å². The van der Waals surface area contributed by atoms with Gasteiger partial charge in [-0.1, -0.05) is 35.5 Å². The average Bonchev–Trinajstić information content (AvgIpc) is 3.02. The number of benzene rings is 2. The second-order valence-electron chi connectivity index (χ2n) is 6.76. The molecule has 0 spiro atoms. The molecule has 3 aromatic rings. The summed E-state index contributed by atoms with van der Waals surface area (Å²) >= 11 is 7.78. The van der Waals surface area contributed by atoms with Gasteiger partial charge < -0.3 is 18.6 Å². The van der Waals surface area contributed by atoms with Crippen molar-refractivity contribution in [2.45, 2.75) is 37.9 Å². The Morgan fingerprint density at radius 3 is 2.86 bits per heavy atom. The van der Waals surface area contributed by atoms with E-state index in [1.54, 1.807) is 0 Å². The van der Waals surface area contributed by atoms with Gasteiger partial charge in [-0.3, -0.25) is 0 Å². The van der Waals surface area contributed by atoms with Gasteiger partial charge in [0.2, 0.25) is 0 Å². The van der Waals surface area contributed by atoms with Crippen molar-refractivity contribution in [2.75, 3.05) is 13.2 Å². The Labute approximate surface area is 178 Å². The average molecular weight is 433 g/mol. The van der Waals surface area contributed by atoms with Crippen molar-refractivity contribution in [1.82, 2.24) is 10.2 Å². The maximum atomic E-state index is 6.35. The van der Waals surface area contributed by atoms with Crippen LogP contribution in [-0.2, 0) is 12.4 Å². The van der Waals surface area contributed by atoms with Crippen LogP contribution in [0.5, 0.6) is 17.2 Å². The summed E-state index contributed by atoms with van der Waals surface area (Å²) in [5, 5.41) is 9.18. The monoisotopic (exact) mass is 432 g/mol. The lowest BCUT2D eigenvalue weighted by atomic mass is 10.1. The fraction of sp³-hybridized carbons (Fsp3) is 0.333. The van der Waals surface area contributed by atoms with Crippen LogP contribution in [0.25, 0.3) is 0 Å². The maximum absolute atomic E-state index is 6.35. The van der Waals surface area contributed by atoms with Gasteiger partial charge in [-0.2, -0.15) is 0 Å². The molecule has 1 aliphatic heterocycles. The topological polar surface area (TPSA) is 66.6 Å². The van der Waals surface area contributed by atoms with Crippen LogP contribution in [-0.4, -0.2) is 23.4 Å². The number of aryl methyl sites for hydroxylation is 2. The smallest absolute Gasteiger partial charge is 0.277 e. The summed E-state index contributed by atoms with van der Waals surface area (Å²) in [4.78, 5) is 0. The van der Waals surface area contributed by atoms with Gasteiger partial charge in [-0.25, -0.2) is 0 Å². The van der Waals surface area contributed by atoms with Gasteiger partial charge >= 0.3 is 0 Å². The number of thioether (sulfide) groups is 1. The minimum atomic E-state index is 0.230. The molecule has 0 atom stereocenters. The summed E-state index contributed by atoms with van der Waals surface area (Å²) in [6, 6.07) is 9.90. The highest BCUT2D eigenvalue weighted by Gasteiger charge is 2.16. The van der Waals surface area contributed by atoms with E-state index in [-0.39, 0.29) is 6.61 Å². The van der Waals surface area contributed by atoms with Gasteiger partial charge in [0.25, 0.3) is 11.1 Å². The van der Waals surface area contributed by atoms with E-state index in [1.807, 2.05) is 38.1 Å². The molecule has 0 saturated carbocycles. The predicted octanol–water partition coefficient (Wildman–Crippen LogP) is 5.37. The van der Waals surface area contributed by atoms with Crippen molar-refractivity contribution < 1.29 is 18.6 Å². The number of halogens is 1. The Bertz CT molecular complexity index is 1010. The molecule has 0 aliphatic carbocycles. The van der Waals surface area contributed by atoms with E-state index in [1.165, 1.54) is 11.8 Å². The largest absolute Gasteiger partial charge is 0.489 e. The summed E-state index contributed by atoms with van der Waals surface area (Å²) < 4.78 is 22.9. The molecule has 0 fully saturated rings. The van der Waals surface area contributed by atoms with E-state index in [0.29, 0.717) is 46.6 Å². The minimum absolute atomic E-state index is 0.230. The van der Waals surface area contributed by atoms with Crippen LogP contribution >= 0.6 is 23.4 Å². The van der Waals surface area contributed by atoms with Crippen molar-refractivity contribution in [3.8, 4) is 17.2 Å².